The predicted octanol–water partition coefficient (Wildman–Crippen LogP) is 1.62. The Morgan fingerprint density at radius 2 is 2.39 bits per heavy atom. The highest BCUT2D eigenvalue weighted by Gasteiger charge is 2.20. The van der Waals surface area contributed by atoms with Gasteiger partial charge in [-0.15, -0.1) is 0 Å². The van der Waals surface area contributed by atoms with Gasteiger partial charge in [0.1, 0.15) is 0 Å². The summed E-state index contributed by atoms with van der Waals surface area (Å²) in [5.74, 6) is 0.503. The summed E-state index contributed by atoms with van der Waals surface area (Å²) in [4.78, 5) is 14.3. The van der Waals surface area contributed by atoms with Crippen molar-refractivity contribution in [1.29, 1.82) is 0 Å². The number of rotatable bonds is 5. The Balaban J connectivity index is 2.01. The maximum absolute atomic E-state index is 11.3. The first-order valence-corrected chi connectivity index (χ1v) is 6.65. The first-order chi connectivity index (χ1) is 8.70. The van der Waals surface area contributed by atoms with Crippen LogP contribution in [0.3, 0.4) is 0 Å². The van der Waals surface area contributed by atoms with Crippen LogP contribution in [0.4, 0.5) is 0 Å². The second-order valence-electron chi connectivity index (χ2n) is 5.17. The van der Waals surface area contributed by atoms with Crippen molar-refractivity contribution in [2.45, 2.75) is 32.2 Å². The maximum Gasteiger partial charge on any atom is 0.248 e. The number of hydrogen-bond acceptors (Lipinski definition) is 3. The van der Waals surface area contributed by atoms with Crippen molar-refractivity contribution in [1.82, 2.24) is 10.3 Å². The first-order valence-electron chi connectivity index (χ1n) is 6.65. The molecule has 1 aliphatic rings. The number of aryl methyl sites for hydroxylation is 1. The molecule has 2 atom stereocenters. The van der Waals surface area contributed by atoms with Crippen molar-refractivity contribution in [3.8, 4) is 0 Å². The summed E-state index contributed by atoms with van der Waals surface area (Å²) in [5, 5.41) is 3.58. The molecule has 1 heterocycles. The Morgan fingerprint density at radius 1 is 1.56 bits per heavy atom. The van der Waals surface area contributed by atoms with Crippen molar-refractivity contribution in [3.63, 3.8) is 0 Å². The third-order valence-electron chi connectivity index (χ3n) is 3.50. The molecule has 0 saturated carbocycles. The van der Waals surface area contributed by atoms with Crippen LogP contribution in [0.1, 0.15) is 37.1 Å². The van der Waals surface area contributed by atoms with Crippen molar-refractivity contribution in [2.24, 2.45) is 5.92 Å². The van der Waals surface area contributed by atoms with Crippen LogP contribution >= 0.6 is 0 Å². The van der Waals surface area contributed by atoms with Crippen LogP contribution in [0, 0.1) is 5.92 Å². The highest BCUT2D eigenvalue weighted by Crippen LogP contribution is 2.27. The molecule has 4 heteroatoms. The van der Waals surface area contributed by atoms with Gasteiger partial charge >= 0.3 is 0 Å². The van der Waals surface area contributed by atoms with E-state index in [2.05, 4.69) is 17.2 Å². The molecule has 0 aliphatic heterocycles. The topological polar surface area (TPSA) is 54.1 Å². The van der Waals surface area contributed by atoms with Gasteiger partial charge in [0.05, 0.1) is 0 Å². The molecule has 18 heavy (non-hydrogen) atoms. The van der Waals surface area contributed by atoms with Crippen molar-refractivity contribution >= 4 is 0 Å². The lowest BCUT2D eigenvalue weighted by molar-refractivity contribution is 0.156. The Morgan fingerprint density at radius 3 is 3.17 bits per heavy atom. The molecule has 0 saturated heterocycles. The van der Waals surface area contributed by atoms with Gasteiger partial charge in [-0.2, -0.15) is 0 Å². The lowest BCUT2D eigenvalue weighted by atomic mass is 9.91. The molecule has 2 unspecified atom stereocenters. The van der Waals surface area contributed by atoms with Crippen LogP contribution in [0.15, 0.2) is 16.9 Å². The number of nitrogens with one attached hydrogen (secondary N) is 2. The quantitative estimate of drug-likeness (QED) is 0.835. The molecule has 0 fully saturated rings. The lowest BCUT2D eigenvalue weighted by Crippen LogP contribution is -2.31. The third kappa shape index (κ3) is 3.21. The van der Waals surface area contributed by atoms with E-state index in [0.717, 1.165) is 38.1 Å². The van der Waals surface area contributed by atoms with Crippen LogP contribution in [0.2, 0.25) is 0 Å². The van der Waals surface area contributed by atoms with Crippen LogP contribution in [-0.4, -0.2) is 25.2 Å². The number of aromatic amines is 1. The van der Waals surface area contributed by atoms with E-state index >= 15 is 0 Å². The molecule has 1 aliphatic carbocycles. The highest BCUT2D eigenvalue weighted by molar-refractivity contribution is 5.26. The largest absolute Gasteiger partial charge is 0.384 e. The van der Waals surface area contributed by atoms with Crippen LogP contribution in [-0.2, 0) is 11.2 Å². The Bertz CT molecular complexity index is 442. The van der Waals surface area contributed by atoms with Crippen molar-refractivity contribution in [2.75, 3.05) is 20.3 Å². The number of methoxy groups -OCH3 is 1. The number of aromatic nitrogens is 1. The van der Waals surface area contributed by atoms with E-state index in [-0.39, 0.29) is 5.56 Å². The molecule has 0 spiro atoms. The van der Waals surface area contributed by atoms with Gasteiger partial charge < -0.3 is 15.0 Å². The van der Waals surface area contributed by atoms with E-state index < -0.39 is 0 Å². The second kappa shape index (κ2) is 6.16. The SMILES string of the molecule is COCC(C)CNC1CCCc2[nH]c(=O)ccc21. The number of ether oxygens (including phenoxy) is 1. The summed E-state index contributed by atoms with van der Waals surface area (Å²) in [6.45, 7) is 3.89. The van der Waals surface area contributed by atoms with Gasteiger partial charge in [0.15, 0.2) is 0 Å². The molecule has 0 aromatic carbocycles. The minimum atomic E-state index is 0.00199. The summed E-state index contributed by atoms with van der Waals surface area (Å²) in [5.41, 5.74) is 2.36. The molecule has 4 nitrogen and oxygen atoms in total. The normalized spacial score (nSPS) is 20.4. The van der Waals surface area contributed by atoms with Crippen LogP contribution in [0.25, 0.3) is 0 Å². The molecule has 0 bridgehead atoms. The molecular formula is C14H22N2O2. The number of pyridine rings is 1. The van der Waals surface area contributed by atoms with E-state index in [1.165, 1.54) is 5.56 Å². The minimum absolute atomic E-state index is 0.00199. The number of H-pyrrole nitrogens is 1. The van der Waals surface area contributed by atoms with E-state index in [9.17, 15) is 4.79 Å². The Kier molecular flexibility index (Phi) is 4.55. The van der Waals surface area contributed by atoms with Crippen molar-refractivity contribution in [3.05, 3.63) is 33.7 Å². The highest BCUT2D eigenvalue weighted by atomic mass is 16.5. The summed E-state index contributed by atoms with van der Waals surface area (Å²) in [7, 11) is 1.73. The Labute approximate surface area is 108 Å². The van der Waals surface area contributed by atoms with Crippen molar-refractivity contribution < 1.29 is 4.74 Å². The average molecular weight is 250 g/mol. The van der Waals surface area contributed by atoms with Gasteiger partial charge in [-0.3, -0.25) is 4.79 Å². The van der Waals surface area contributed by atoms with Gasteiger partial charge in [0.2, 0.25) is 5.56 Å². The second-order valence-corrected chi connectivity index (χ2v) is 5.17. The van der Waals surface area contributed by atoms with Gasteiger partial charge in [0.25, 0.3) is 0 Å². The average Bonchev–Trinajstić information content (AvgIpc) is 2.36. The van der Waals surface area contributed by atoms with E-state index in [4.69, 9.17) is 4.74 Å². The molecule has 2 rings (SSSR count). The zero-order valence-corrected chi connectivity index (χ0v) is 11.2. The van der Waals surface area contributed by atoms with Crippen LogP contribution in [0.5, 0.6) is 0 Å². The fourth-order valence-corrected chi connectivity index (χ4v) is 2.60. The zero-order chi connectivity index (χ0) is 13.0. The molecule has 1 aromatic heterocycles. The van der Waals surface area contributed by atoms with E-state index in [0.29, 0.717) is 12.0 Å². The lowest BCUT2D eigenvalue weighted by Gasteiger charge is -2.27. The fourth-order valence-electron chi connectivity index (χ4n) is 2.60. The summed E-state index contributed by atoms with van der Waals surface area (Å²) in [6.07, 6.45) is 3.25. The first kappa shape index (κ1) is 13.3. The molecule has 2 N–H and O–H groups in total. The third-order valence-corrected chi connectivity index (χ3v) is 3.50. The monoisotopic (exact) mass is 250 g/mol. The Hall–Kier alpha value is -1.13. The minimum Gasteiger partial charge on any atom is -0.384 e. The number of hydrogen-bond donors (Lipinski definition) is 2. The summed E-state index contributed by atoms with van der Waals surface area (Å²) >= 11 is 0. The molecule has 100 valence electrons. The van der Waals surface area contributed by atoms with Gasteiger partial charge in [0, 0.05) is 38.1 Å². The molecule has 1 aromatic rings. The molecular weight excluding hydrogens is 228 g/mol. The van der Waals surface area contributed by atoms with E-state index in [1.807, 2.05) is 6.07 Å². The molecule has 0 radical (unpaired) electrons. The van der Waals surface area contributed by atoms with E-state index in [1.54, 1.807) is 13.2 Å². The smallest absolute Gasteiger partial charge is 0.248 e. The molecule has 0 amide bonds. The summed E-state index contributed by atoms with van der Waals surface area (Å²) < 4.78 is 5.14. The standard InChI is InChI=1S/C14H22N2O2/c1-10(9-18-2)8-15-12-4-3-5-13-11(12)6-7-14(17)16-13/h6-7,10,12,15H,3-5,8-9H2,1-2H3,(H,16,17). The van der Waals surface area contributed by atoms with Gasteiger partial charge in [-0.1, -0.05) is 13.0 Å². The fraction of sp³-hybridized carbons (Fsp3) is 0.643. The predicted molar refractivity (Wildman–Crippen MR) is 71.8 cm³/mol. The van der Waals surface area contributed by atoms with Gasteiger partial charge in [-0.25, -0.2) is 0 Å². The van der Waals surface area contributed by atoms with Crippen LogP contribution < -0.4 is 10.9 Å². The zero-order valence-electron chi connectivity index (χ0n) is 11.2. The maximum atomic E-state index is 11.3. The number of fused-ring (bicyclic) bond motifs is 1. The van der Waals surface area contributed by atoms with Gasteiger partial charge in [-0.05, 0) is 30.7 Å². The summed E-state index contributed by atoms with van der Waals surface area (Å²) in [6, 6.07) is 3.95.